The fourth-order valence-electron chi connectivity index (χ4n) is 2.77. The fraction of sp³-hybridized carbons (Fsp3) is 0.353. The van der Waals surface area contributed by atoms with Gasteiger partial charge in [-0.2, -0.15) is 0 Å². The molecule has 0 aliphatic heterocycles. The number of pyridine rings is 1. The van der Waals surface area contributed by atoms with Gasteiger partial charge < -0.3 is 0 Å². The Balaban J connectivity index is 1.74. The second-order valence-corrected chi connectivity index (χ2v) is 7.80. The summed E-state index contributed by atoms with van der Waals surface area (Å²) in [4.78, 5) is 4.74. The molecule has 1 aromatic heterocycles. The summed E-state index contributed by atoms with van der Waals surface area (Å²) < 4.78 is 22.5. The average molecular weight is 316 g/mol. The molecule has 4 nitrogen and oxygen atoms in total. The highest BCUT2D eigenvalue weighted by atomic mass is 32.2. The molecule has 1 aromatic carbocycles. The highest BCUT2D eigenvalue weighted by Gasteiger charge is 2.40. The Bertz CT molecular complexity index is 765. The smallest absolute Gasteiger partial charge is 0.238 e. The molecule has 1 aliphatic rings. The molecule has 2 atom stereocenters. The van der Waals surface area contributed by atoms with E-state index < -0.39 is 10.0 Å². The first kappa shape index (κ1) is 15.2. The van der Waals surface area contributed by atoms with Crippen molar-refractivity contribution in [3.63, 3.8) is 0 Å². The Labute approximate surface area is 131 Å². The molecule has 0 spiro atoms. The molecule has 5 heteroatoms. The number of hydrogen-bond acceptors (Lipinski definition) is 3. The lowest BCUT2D eigenvalue weighted by Gasteiger charge is -2.06. The maximum absolute atomic E-state index is 11.3. The molecule has 22 heavy (non-hydrogen) atoms. The maximum atomic E-state index is 11.3. The number of benzene rings is 1. The van der Waals surface area contributed by atoms with Crippen LogP contribution in [0, 0.1) is 0 Å². The molecule has 1 saturated carbocycles. The van der Waals surface area contributed by atoms with E-state index in [9.17, 15) is 8.42 Å². The molecule has 3 rings (SSSR count). The number of nitrogens with two attached hydrogens (primary N) is 1. The molecule has 1 heterocycles. The van der Waals surface area contributed by atoms with Crippen LogP contribution in [0.1, 0.15) is 54.8 Å². The van der Waals surface area contributed by atoms with E-state index in [4.69, 9.17) is 5.14 Å². The summed E-state index contributed by atoms with van der Waals surface area (Å²) >= 11 is 0. The van der Waals surface area contributed by atoms with E-state index in [0.29, 0.717) is 17.8 Å². The van der Waals surface area contributed by atoms with Crippen molar-refractivity contribution < 1.29 is 8.42 Å². The molecule has 1 fully saturated rings. The number of nitrogens with zero attached hydrogens (tertiary/aromatic N) is 1. The minimum atomic E-state index is -3.62. The van der Waals surface area contributed by atoms with E-state index in [2.05, 4.69) is 31.0 Å². The van der Waals surface area contributed by atoms with Gasteiger partial charge >= 0.3 is 0 Å². The van der Waals surface area contributed by atoms with Crippen LogP contribution in [-0.2, 0) is 10.0 Å². The Kier molecular flexibility index (Phi) is 3.78. The van der Waals surface area contributed by atoms with Crippen molar-refractivity contribution in [1.29, 1.82) is 0 Å². The van der Waals surface area contributed by atoms with Crippen LogP contribution in [0.2, 0.25) is 0 Å². The van der Waals surface area contributed by atoms with Gasteiger partial charge in [0, 0.05) is 17.8 Å². The first-order valence-electron chi connectivity index (χ1n) is 7.45. The van der Waals surface area contributed by atoms with Crippen molar-refractivity contribution in [2.45, 2.75) is 42.9 Å². The largest absolute Gasteiger partial charge is 0.261 e. The zero-order valence-electron chi connectivity index (χ0n) is 12.7. The van der Waals surface area contributed by atoms with Crippen molar-refractivity contribution >= 4 is 10.0 Å². The van der Waals surface area contributed by atoms with Crippen LogP contribution in [-0.4, -0.2) is 13.4 Å². The summed E-state index contributed by atoms with van der Waals surface area (Å²) in [5.74, 6) is 1.34. The predicted octanol–water partition coefficient (Wildman–Crippen LogP) is 3.12. The number of primary sulfonamides is 1. The van der Waals surface area contributed by atoms with Gasteiger partial charge in [-0.05, 0) is 47.6 Å². The predicted molar refractivity (Wildman–Crippen MR) is 86.2 cm³/mol. The molecular formula is C17H20N2O2S. The minimum Gasteiger partial charge on any atom is -0.261 e. The fourth-order valence-corrected chi connectivity index (χ4v) is 3.29. The number of aromatic nitrogens is 1. The zero-order valence-corrected chi connectivity index (χ0v) is 13.5. The van der Waals surface area contributed by atoms with Gasteiger partial charge in [0.1, 0.15) is 0 Å². The molecule has 116 valence electrons. The third-order valence-corrected chi connectivity index (χ3v) is 5.21. The second-order valence-electron chi connectivity index (χ2n) is 6.23. The third kappa shape index (κ3) is 3.05. The lowest BCUT2D eigenvalue weighted by atomic mass is 10.0. The van der Waals surface area contributed by atoms with Crippen molar-refractivity contribution in [2.24, 2.45) is 5.14 Å². The van der Waals surface area contributed by atoms with Crippen LogP contribution in [0.5, 0.6) is 0 Å². The summed E-state index contributed by atoms with van der Waals surface area (Å²) in [6.45, 7) is 4.31. The van der Waals surface area contributed by atoms with Crippen LogP contribution < -0.4 is 5.14 Å². The molecule has 2 N–H and O–H groups in total. The molecule has 0 saturated heterocycles. The van der Waals surface area contributed by atoms with Crippen molar-refractivity contribution in [3.05, 3.63) is 59.4 Å². The van der Waals surface area contributed by atoms with Gasteiger partial charge in [-0.25, -0.2) is 13.6 Å². The Morgan fingerprint density at radius 1 is 1.09 bits per heavy atom. The topological polar surface area (TPSA) is 73.1 Å². The monoisotopic (exact) mass is 316 g/mol. The average Bonchev–Trinajstić information content (AvgIpc) is 3.27. The Morgan fingerprint density at radius 3 is 2.27 bits per heavy atom. The summed E-state index contributed by atoms with van der Waals surface area (Å²) in [5.41, 5.74) is 3.51. The molecule has 0 radical (unpaired) electrons. The lowest BCUT2D eigenvalue weighted by molar-refractivity contribution is 0.598. The van der Waals surface area contributed by atoms with Crippen LogP contribution >= 0.6 is 0 Å². The summed E-state index contributed by atoms with van der Waals surface area (Å²) in [7, 11) is -3.62. The van der Waals surface area contributed by atoms with Gasteiger partial charge in [-0.15, -0.1) is 0 Å². The zero-order chi connectivity index (χ0) is 15.9. The van der Waals surface area contributed by atoms with E-state index in [1.165, 1.54) is 5.56 Å². The van der Waals surface area contributed by atoms with E-state index in [1.54, 1.807) is 12.1 Å². The summed E-state index contributed by atoms with van der Waals surface area (Å²) in [5, 5.41) is 5.12. The minimum absolute atomic E-state index is 0.160. The number of sulfonamides is 1. The molecular weight excluding hydrogens is 296 g/mol. The van der Waals surface area contributed by atoms with E-state index in [-0.39, 0.29) is 4.90 Å². The van der Waals surface area contributed by atoms with E-state index in [0.717, 1.165) is 17.7 Å². The molecule has 1 aliphatic carbocycles. The first-order valence-corrected chi connectivity index (χ1v) is 8.99. The van der Waals surface area contributed by atoms with Crippen LogP contribution in [0.3, 0.4) is 0 Å². The van der Waals surface area contributed by atoms with Gasteiger partial charge in [0.2, 0.25) is 10.0 Å². The van der Waals surface area contributed by atoms with Crippen molar-refractivity contribution in [3.8, 4) is 0 Å². The molecule has 0 unspecified atom stereocenters. The van der Waals surface area contributed by atoms with E-state index in [1.807, 2.05) is 18.3 Å². The van der Waals surface area contributed by atoms with Crippen LogP contribution in [0.25, 0.3) is 0 Å². The third-order valence-electron chi connectivity index (χ3n) is 4.28. The number of hydrogen-bond donors (Lipinski definition) is 1. The van der Waals surface area contributed by atoms with Crippen LogP contribution in [0.4, 0.5) is 0 Å². The first-order chi connectivity index (χ1) is 10.4. The van der Waals surface area contributed by atoms with Crippen molar-refractivity contribution in [1.82, 2.24) is 4.98 Å². The normalized spacial score (nSPS) is 21.1. The Morgan fingerprint density at radius 2 is 1.77 bits per heavy atom. The quantitative estimate of drug-likeness (QED) is 0.942. The van der Waals surface area contributed by atoms with Gasteiger partial charge in [-0.1, -0.05) is 32.0 Å². The lowest BCUT2D eigenvalue weighted by Crippen LogP contribution is -2.11. The van der Waals surface area contributed by atoms with E-state index >= 15 is 0 Å². The van der Waals surface area contributed by atoms with Crippen molar-refractivity contribution in [2.75, 3.05) is 0 Å². The van der Waals surface area contributed by atoms with Gasteiger partial charge in [0.05, 0.1) is 4.90 Å². The van der Waals surface area contributed by atoms with Gasteiger partial charge in [0.15, 0.2) is 0 Å². The molecule has 0 amide bonds. The van der Waals surface area contributed by atoms with Crippen LogP contribution in [0.15, 0.2) is 47.5 Å². The standard InChI is InChI=1S/C17H20N2O2S/c1-11(2)13-5-8-17(19-10-13)16-9-15(16)12-3-6-14(7-4-12)22(18,20)21/h3-8,10-11,15-16H,9H2,1-2H3,(H2,18,20,21)/t15-,16+/m0/s1. The van der Waals surface area contributed by atoms with Gasteiger partial charge in [-0.3, -0.25) is 4.98 Å². The summed E-state index contributed by atoms with van der Waals surface area (Å²) in [6.07, 6.45) is 3.02. The Hall–Kier alpha value is -1.72. The second kappa shape index (κ2) is 5.48. The summed E-state index contributed by atoms with van der Waals surface area (Å²) in [6, 6.07) is 11.1. The molecule has 2 aromatic rings. The highest BCUT2D eigenvalue weighted by Crippen LogP contribution is 2.54. The molecule has 0 bridgehead atoms. The number of rotatable bonds is 4. The van der Waals surface area contributed by atoms with Gasteiger partial charge in [0.25, 0.3) is 0 Å². The SMILES string of the molecule is CC(C)c1ccc([C@@H]2C[C@H]2c2ccc(S(N)(=O)=O)cc2)nc1. The maximum Gasteiger partial charge on any atom is 0.238 e. The highest BCUT2D eigenvalue weighted by molar-refractivity contribution is 7.89.